The van der Waals surface area contributed by atoms with E-state index >= 15 is 0 Å². The number of rotatable bonds is 4. The minimum Gasteiger partial charge on any atom is -0.271 e. The monoisotopic (exact) mass is 262 g/mol. The van der Waals surface area contributed by atoms with E-state index in [0.29, 0.717) is 5.92 Å². The molecule has 1 heterocycles. The van der Waals surface area contributed by atoms with Gasteiger partial charge in [-0.2, -0.15) is 0 Å². The number of aromatic nitrogens is 2. The van der Waals surface area contributed by atoms with Gasteiger partial charge >= 0.3 is 0 Å². The number of aryl methyl sites for hydroxylation is 1. The molecular formula is C13H18N4S. The molecule has 0 aliphatic carbocycles. The Bertz CT molecular complexity index is 521. The van der Waals surface area contributed by atoms with Gasteiger partial charge in [-0.15, -0.1) is 5.10 Å². The first-order valence-corrected chi connectivity index (χ1v) is 6.76. The number of nitrogens with zero attached hydrogens (tertiary/aromatic N) is 2. The summed E-state index contributed by atoms with van der Waals surface area (Å²) in [6.45, 7) is 6.32. The Hall–Kier alpha value is -1.30. The predicted molar refractivity (Wildman–Crippen MR) is 74.3 cm³/mol. The quantitative estimate of drug-likeness (QED) is 0.656. The number of hydrogen-bond acceptors (Lipinski definition) is 5. The van der Waals surface area contributed by atoms with Crippen molar-refractivity contribution in [2.45, 2.75) is 32.7 Å². The summed E-state index contributed by atoms with van der Waals surface area (Å²) in [6.07, 6.45) is 0. The second-order valence-electron chi connectivity index (χ2n) is 4.63. The molecule has 1 atom stereocenters. The number of nitrogens with two attached hydrogens (primary N) is 1. The molecule has 0 spiro atoms. The van der Waals surface area contributed by atoms with E-state index in [2.05, 4.69) is 47.9 Å². The molecule has 5 heteroatoms. The number of nitrogens with one attached hydrogen (secondary N) is 1. The summed E-state index contributed by atoms with van der Waals surface area (Å²) < 4.78 is 4.06. The van der Waals surface area contributed by atoms with Crippen molar-refractivity contribution in [3.63, 3.8) is 0 Å². The first-order valence-electron chi connectivity index (χ1n) is 5.99. The summed E-state index contributed by atoms with van der Waals surface area (Å²) in [6, 6.07) is 8.19. The van der Waals surface area contributed by atoms with E-state index in [9.17, 15) is 0 Å². The smallest absolute Gasteiger partial charge is 0.0840 e. The van der Waals surface area contributed by atoms with Gasteiger partial charge in [0.15, 0.2) is 0 Å². The Kier molecular flexibility index (Phi) is 4.06. The fraction of sp³-hybridized carbons (Fsp3) is 0.385. The predicted octanol–water partition coefficient (Wildman–Crippen LogP) is 2.52. The molecule has 3 N–H and O–H groups in total. The van der Waals surface area contributed by atoms with E-state index in [1.54, 1.807) is 0 Å². The number of hydrogen-bond donors (Lipinski definition) is 2. The molecule has 2 aromatic rings. The molecule has 1 unspecified atom stereocenters. The largest absolute Gasteiger partial charge is 0.271 e. The molecule has 96 valence electrons. The second-order valence-corrected chi connectivity index (χ2v) is 5.42. The normalized spacial score (nSPS) is 12.9. The number of benzene rings is 1. The molecule has 0 aliphatic rings. The van der Waals surface area contributed by atoms with Gasteiger partial charge in [-0.1, -0.05) is 42.6 Å². The van der Waals surface area contributed by atoms with Gasteiger partial charge in [-0.25, -0.2) is 5.43 Å². The minimum absolute atomic E-state index is 0.0383. The first kappa shape index (κ1) is 13.1. The average Bonchev–Trinajstić information content (AvgIpc) is 2.82. The molecule has 4 nitrogen and oxygen atoms in total. The molecule has 1 aromatic heterocycles. The van der Waals surface area contributed by atoms with Crippen LogP contribution in [0, 0.1) is 6.92 Å². The van der Waals surface area contributed by atoms with Crippen molar-refractivity contribution < 1.29 is 0 Å². The molecule has 18 heavy (non-hydrogen) atoms. The van der Waals surface area contributed by atoms with Crippen LogP contribution in [-0.2, 0) is 0 Å². The van der Waals surface area contributed by atoms with E-state index in [4.69, 9.17) is 5.84 Å². The van der Waals surface area contributed by atoms with Gasteiger partial charge in [0.2, 0.25) is 0 Å². The SMILES string of the molecule is Cc1ccccc1C(NN)c1snnc1C(C)C. The maximum Gasteiger partial charge on any atom is 0.0840 e. The van der Waals surface area contributed by atoms with Crippen LogP contribution in [0.4, 0.5) is 0 Å². The third kappa shape index (κ3) is 2.43. The third-order valence-corrected chi connectivity index (χ3v) is 3.82. The lowest BCUT2D eigenvalue weighted by atomic mass is 9.97. The zero-order valence-corrected chi connectivity index (χ0v) is 11.7. The standard InChI is InChI=1S/C13H18N4S/c1-8(2)11-13(18-17-16-11)12(15-14)10-7-5-4-6-9(10)3/h4-8,12,15H,14H2,1-3H3. The Morgan fingerprint density at radius 1 is 1.28 bits per heavy atom. The highest BCUT2D eigenvalue weighted by molar-refractivity contribution is 7.05. The Labute approximate surface area is 111 Å². The summed E-state index contributed by atoms with van der Waals surface area (Å²) in [5.74, 6) is 6.08. The third-order valence-electron chi connectivity index (χ3n) is 3.02. The lowest BCUT2D eigenvalue weighted by molar-refractivity contribution is 0.628. The van der Waals surface area contributed by atoms with Crippen molar-refractivity contribution in [2.75, 3.05) is 0 Å². The molecule has 2 rings (SSSR count). The minimum atomic E-state index is -0.0383. The van der Waals surface area contributed by atoms with Crippen LogP contribution in [0.15, 0.2) is 24.3 Å². The molecule has 0 saturated carbocycles. The van der Waals surface area contributed by atoms with Gasteiger partial charge < -0.3 is 0 Å². The average molecular weight is 262 g/mol. The molecule has 0 amide bonds. The van der Waals surface area contributed by atoms with Crippen LogP contribution in [0.5, 0.6) is 0 Å². The van der Waals surface area contributed by atoms with Gasteiger partial charge in [0.1, 0.15) is 0 Å². The maximum atomic E-state index is 5.74. The zero-order valence-electron chi connectivity index (χ0n) is 10.8. The fourth-order valence-corrected chi connectivity index (χ4v) is 2.91. The maximum absolute atomic E-state index is 5.74. The van der Waals surface area contributed by atoms with Crippen LogP contribution in [0.25, 0.3) is 0 Å². The Morgan fingerprint density at radius 3 is 2.61 bits per heavy atom. The Balaban J connectivity index is 2.46. The van der Waals surface area contributed by atoms with Crippen molar-refractivity contribution in [2.24, 2.45) is 5.84 Å². The lowest BCUT2D eigenvalue weighted by Gasteiger charge is -2.18. The molecule has 0 saturated heterocycles. The van der Waals surface area contributed by atoms with Crippen molar-refractivity contribution >= 4 is 11.5 Å². The van der Waals surface area contributed by atoms with Crippen LogP contribution in [0.2, 0.25) is 0 Å². The van der Waals surface area contributed by atoms with Gasteiger partial charge in [-0.3, -0.25) is 5.84 Å². The summed E-state index contributed by atoms with van der Waals surface area (Å²) in [5, 5.41) is 4.21. The molecule has 1 aromatic carbocycles. The van der Waals surface area contributed by atoms with E-state index in [-0.39, 0.29) is 6.04 Å². The van der Waals surface area contributed by atoms with Gasteiger partial charge in [0, 0.05) is 0 Å². The van der Waals surface area contributed by atoms with Crippen LogP contribution in [0.3, 0.4) is 0 Å². The highest BCUT2D eigenvalue weighted by Gasteiger charge is 2.22. The van der Waals surface area contributed by atoms with Gasteiger partial charge in [0.05, 0.1) is 16.6 Å². The first-order chi connectivity index (χ1) is 8.65. The van der Waals surface area contributed by atoms with E-state index < -0.39 is 0 Å². The summed E-state index contributed by atoms with van der Waals surface area (Å²) in [4.78, 5) is 1.10. The van der Waals surface area contributed by atoms with Gasteiger partial charge in [-0.05, 0) is 35.5 Å². The van der Waals surface area contributed by atoms with Crippen LogP contribution in [0.1, 0.15) is 47.5 Å². The van der Waals surface area contributed by atoms with E-state index in [1.165, 1.54) is 22.7 Å². The van der Waals surface area contributed by atoms with Crippen molar-refractivity contribution in [3.8, 4) is 0 Å². The molecule has 0 bridgehead atoms. The van der Waals surface area contributed by atoms with E-state index in [0.717, 1.165) is 10.6 Å². The molecule has 0 aliphatic heterocycles. The Morgan fingerprint density at radius 2 is 2.00 bits per heavy atom. The van der Waals surface area contributed by atoms with Crippen molar-refractivity contribution in [1.82, 2.24) is 15.0 Å². The highest BCUT2D eigenvalue weighted by atomic mass is 32.1. The summed E-state index contributed by atoms with van der Waals surface area (Å²) in [5.41, 5.74) is 6.29. The summed E-state index contributed by atoms with van der Waals surface area (Å²) in [7, 11) is 0. The zero-order chi connectivity index (χ0) is 13.1. The molecular weight excluding hydrogens is 244 g/mol. The van der Waals surface area contributed by atoms with E-state index in [1.807, 2.05) is 12.1 Å². The highest BCUT2D eigenvalue weighted by Crippen LogP contribution is 2.31. The second kappa shape index (κ2) is 5.56. The van der Waals surface area contributed by atoms with Crippen molar-refractivity contribution in [3.05, 3.63) is 46.0 Å². The number of hydrazine groups is 1. The summed E-state index contributed by atoms with van der Waals surface area (Å²) >= 11 is 1.41. The fourth-order valence-electron chi connectivity index (χ4n) is 2.02. The van der Waals surface area contributed by atoms with Crippen LogP contribution < -0.4 is 11.3 Å². The van der Waals surface area contributed by atoms with Crippen LogP contribution >= 0.6 is 11.5 Å². The van der Waals surface area contributed by atoms with Crippen molar-refractivity contribution in [1.29, 1.82) is 0 Å². The molecule has 0 radical (unpaired) electrons. The lowest BCUT2D eigenvalue weighted by Crippen LogP contribution is -2.29. The van der Waals surface area contributed by atoms with Gasteiger partial charge in [0.25, 0.3) is 0 Å². The van der Waals surface area contributed by atoms with Crippen LogP contribution in [-0.4, -0.2) is 9.59 Å². The topological polar surface area (TPSA) is 63.8 Å². The molecule has 0 fully saturated rings.